The van der Waals surface area contributed by atoms with Gasteiger partial charge in [-0.25, -0.2) is 4.98 Å². The third-order valence-corrected chi connectivity index (χ3v) is 3.52. The molecule has 0 saturated heterocycles. The van der Waals surface area contributed by atoms with Crippen molar-refractivity contribution >= 4 is 17.8 Å². The molecule has 2 rings (SSSR count). The number of carbonyl (C=O) groups excluding carboxylic acids is 1. The zero-order valence-corrected chi connectivity index (χ0v) is 13.6. The van der Waals surface area contributed by atoms with Crippen LogP contribution < -0.4 is 4.90 Å². The molecule has 1 aromatic heterocycles. The van der Waals surface area contributed by atoms with Crippen molar-refractivity contribution in [2.75, 3.05) is 12.0 Å². The summed E-state index contributed by atoms with van der Waals surface area (Å²) >= 11 is 0. The van der Waals surface area contributed by atoms with Gasteiger partial charge in [0.15, 0.2) is 12.0 Å². The van der Waals surface area contributed by atoms with Crippen LogP contribution in [0.4, 0.5) is 19.0 Å². The summed E-state index contributed by atoms with van der Waals surface area (Å²) in [6.07, 6.45) is -3.75. The molecule has 0 spiro atoms. The second-order valence-corrected chi connectivity index (χ2v) is 5.59. The number of carbonyl (C=O) groups is 1. The average molecular weight is 342 g/mol. The summed E-state index contributed by atoms with van der Waals surface area (Å²) in [4.78, 5) is 16.9. The Labute approximate surface area is 137 Å². The van der Waals surface area contributed by atoms with Crippen LogP contribution in [0.3, 0.4) is 0 Å². The smallest absolute Gasteiger partial charge is 0.417 e. The maximum atomic E-state index is 13.3. The topological polar surface area (TPSA) is 62.7 Å². The van der Waals surface area contributed by atoms with E-state index in [1.807, 2.05) is 0 Å². The van der Waals surface area contributed by atoms with Crippen LogP contribution in [0.5, 0.6) is 0 Å². The number of hydrogen-bond donors (Lipinski definition) is 1. The minimum Gasteiger partial charge on any atom is -0.496 e. The summed E-state index contributed by atoms with van der Waals surface area (Å²) in [6.45, 7) is 4.76. The van der Waals surface area contributed by atoms with Gasteiger partial charge in [0.1, 0.15) is 5.82 Å². The first-order valence-electron chi connectivity index (χ1n) is 7.06. The molecule has 1 atom stereocenters. The first-order valence-corrected chi connectivity index (χ1v) is 7.06. The summed E-state index contributed by atoms with van der Waals surface area (Å²) < 4.78 is 44.9. The molecule has 1 aromatic rings. The van der Waals surface area contributed by atoms with Crippen molar-refractivity contribution in [2.45, 2.75) is 33.2 Å². The maximum absolute atomic E-state index is 13.3. The van der Waals surface area contributed by atoms with E-state index in [0.29, 0.717) is 5.57 Å². The number of allylic oxidation sites excluding steroid dienone is 1. The monoisotopic (exact) mass is 342 g/mol. The van der Waals surface area contributed by atoms with Crippen LogP contribution in [0.1, 0.15) is 31.9 Å². The molecule has 0 saturated carbocycles. The summed E-state index contributed by atoms with van der Waals surface area (Å²) in [6, 6.07) is 0.752. The fraction of sp³-hybridized carbons (Fsp3) is 0.375. The number of hydrogen-bond acceptors (Lipinski definition) is 4. The minimum atomic E-state index is -4.63. The van der Waals surface area contributed by atoms with Crippen LogP contribution in [-0.4, -0.2) is 29.3 Å². The number of ether oxygens (including phenoxy) is 1. The lowest BCUT2D eigenvalue weighted by Crippen LogP contribution is -2.36. The number of halogens is 3. The Morgan fingerprint density at radius 2 is 2.04 bits per heavy atom. The normalized spacial score (nSPS) is 18.2. The number of rotatable bonds is 3. The lowest BCUT2D eigenvalue weighted by molar-refractivity contribution is -0.137. The van der Waals surface area contributed by atoms with Crippen LogP contribution >= 0.6 is 0 Å². The fourth-order valence-electron chi connectivity index (χ4n) is 2.45. The number of aliphatic hydroxyl groups excluding tert-OH is 1. The Morgan fingerprint density at radius 1 is 1.42 bits per heavy atom. The molecule has 0 aliphatic carbocycles. The molecule has 1 aliphatic rings. The van der Waals surface area contributed by atoms with Gasteiger partial charge in [-0.2, -0.15) is 13.2 Å². The van der Waals surface area contributed by atoms with Gasteiger partial charge in [-0.15, -0.1) is 0 Å². The van der Waals surface area contributed by atoms with Crippen molar-refractivity contribution in [1.82, 2.24) is 4.98 Å². The first-order chi connectivity index (χ1) is 11.1. The van der Waals surface area contributed by atoms with Crippen LogP contribution in [0.15, 0.2) is 29.2 Å². The van der Waals surface area contributed by atoms with Crippen LogP contribution in [-0.2, 0) is 15.7 Å². The Kier molecular flexibility index (Phi) is 4.70. The van der Waals surface area contributed by atoms with Crippen molar-refractivity contribution in [3.8, 4) is 0 Å². The van der Waals surface area contributed by atoms with E-state index < -0.39 is 23.9 Å². The molecule has 130 valence electrons. The average Bonchev–Trinajstić information content (AvgIpc) is 2.68. The van der Waals surface area contributed by atoms with Crippen molar-refractivity contribution in [1.29, 1.82) is 0 Å². The lowest BCUT2D eigenvalue weighted by Gasteiger charge is -2.22. The Hall–Kier alpha value is -2.35. The van der Waals surface area contributed by atoms with Crippen molar-refractivity contribution in [3.63, 3.8) is 0 Å². The zero-order valence-electron chi connectivity index (χ0n) is 13.6. The molecule has 2 heterocycles. The van der Waals surface area contributed by atoms with E-state index in [-0.39, 0.29) is 22.7 Å². The number of alkyl halides is 3. The number of amides is 1. The van der Waals surface area contributed by atoms with Gasteiger partial charge in [-0.1, -0.05) is 11.6 Å². The highest BCUT2D eigenvalue weighted by Crippen LogP contribution is 2.36. The van der Waals surface area contributed by atoms with E-state index >= 15 is 0 Å². The van der Waals surface area contributed by atoms with Gasteiger partial charge < -0.3 is 9.84 Å². The molecule has 0 aromatic carbocycles. The molecular formula is C16H17F3N2O3. The molecule has 0 bridgehead atoms. The van der Waals surface area contributed by atoms with Crippen molar-refractivity contribution < 1.29 is 27.8 Å². The summed E-state index contributed by atoms with van der Waals surface area (Å²) in [5.74, 6) is -0.962. The van der Waals surface area contributed by atoms with Crippen molar-refractivity contribution in [2.24, 2.45) is 0 Å². The summed E-state index contributed by atoms with van der Waals surface area (Å²) in [5, 5.41) is 10.1. The molecule has 1 N–H and O–H groups in total. The lowest BCUT2D eigenvalue weighted by atomic mass is 10.1. The third kappa shape index (κ3) is 3.14. The number of methoxy groups -OCH3 is 1. The summed E-state index contributed by atoms with van der Waals surface area (Å²) in [5.41, 5.74) is -0.249. The van der Waals surface area contributed by atoms with Gasteiger partial charge >= 0.3 is 6.18 Å². The largest absolute Gasteiger partial charge is 0.496 e. The van der Waals surface area contributed by atoms with Crippen LogP contribution in [0, 0.1) is 0 Å². The van der Waals surface area contributed by atoms with Crippen LogP contribution in [0.25, 0.3) is 6.08 Å². The number of aliphatic hydroxyl groups is 1. The fourth-order valence-corrected chi connectivity index (χ4v) is 2.45. The number of pyridine rings is 1. The van der Waals surface area contributed by atoms with Crippen molar-refractivity contribution in [3.05, 3.63) is 40.3 Å². The molecule has 1 amide bonds. The Bertz CT molecular complexity index is 735. The molecule has 1 unspecified atom stereocenters. The highest BCUT2D eigenvalue weighted by Gasteiger charge is 2.41. The molecule has 24 heavy (non-hydrogen) atoms. The molecular weight excluding hydrogens is 325 g/mol. The summed E-state index contributed by atoms with van der Waals surface area (Å²) in [7, 11) is 1.27. The van der Waals surface area contributed by atoms with Gasteiger partial charge in [0.05, 0.1) is 18.2 Å². The predicted molar refractivity (Wildman–Crippen MR) is 81.8 cm³/mol. The van der Waals surface area contributed by atoms with E-state index in [0.717, 1.165) is 17.2 Å². The van der Waals surface area contributed by atoms with Gasteiger partial charge in [-0.05, 0) is 26.8 Å². The van der Waals surface area contributed by atoms with Gasteiger partial charge in [0, 0.05) is 11.8 Å². The van der Waals surface area contributed by atoms with E-state index in [4.69, 9.17) is 4.74 Å². The number of nitrogens with zero attached hydrogens (tertiary/aromatic N) is 2. The second-order valence-electron chi connectivity index (χ2n) is 5.59. The third-order valence-electron chi connectivity index (χ3n) is 3.52. The highest BCUT2D eigenvalue weighted by molar-refractivity contribution is 6.08. The Morgan fingerprint density at radius 3 is 2.50 bits per heavy atom. The SMILES string of the molecule is COC1=C(C)C(=O)N(c2cc(C(F)(F)F)c(C=C(C)C)cn2)C1O. The highest BCUT2D eigenvalue weighted by atomic mass is 19.4. The van der Waals surface area contributed by atoms with E-state index in [2.05, 4.69) is 4.98 Å². The van der Waals surface area contributed by atoms with E-state index in [9.17, 15) is 23.1 Å². The molecule has 0 radical (unpaired) electrons. The number of anilines is 1. The zero-order chi connectivity index (χ0) is 18.2. The first kappa shape index (κ1) is 18.0. The molecule has 5 nitrogen and oxygen atoms in total. The van der Waals surface area contributed by atoms with Crippen LogP contribution in [0.2, 0.25) is 0 Å². The van der Waals surface area contributed by atoms with E-state index in [1.165, 1.54) is 20.1 Å². The van der Waals surface area contributed by atoms with Gasteiger partial charge in [0.25, 0.3) is 5.91 Å². The Balaban J connectivity index is 2.55. The number of aromatic nitrogens is 1. The molecule has 1 aliphatic heterocycles. The standard InChI is InChI=1S/C16H17F3N2O3/c1-8(2)5-10-7-20-12(6-11(10)16(17,18)19)21-14(22)9(3)13(24-4)15(21)23/h5-7,15,23H,1-4H3. The van der Waals surface area contributed by atoms with E-state index in [1.54, 1.807) is 13.8 Å². The second kappa shape index (κ2) is 6.27. The minimum absolute atomic E-state index is 0.0104. The molecule has 8 heteroatoms. The molecule has 0 fully saturated rings. The van der Waals surface area contributed by atoms with Gasteiger partial charge in [0.2, 0.25) is 0 Å². The quantitative estimate of drug-likeness (QED) is 0.917. The predicted octanol–water partition coefficient (Wildman–Crippen LogP) is 3.11. The maximum Gasteiger partial charge on any atom is 0.417 e. The van der Waals surface area contributed by atoms with Gasteiger partial charge in [-0.3, -0.25) is 9.69 Å².